The first kappa shape index (κ1) is 33.6. The summed E-state index contributed by atoms with van der Waals surface area (Å²) in [6.45, 7) is 3.86. The Morgan fingerprint density at radius 3 is 1.91 bits per heavy atom. The lowest BCUT2D eigenvalue weighted by Gasteiger charge is -2.26. The third-order valence-corrected chi connectivity index (χ3v) is 6.29. The van der Waals surface area contributed by atoms with E-state index in [2.05, 4.69) is 42.6 Å². The minimum absolute atomic E-state index is 0.182. The Hall–Kier alpha value is -1.43. The maximum Gasteiger partial charge on any atom is 0.220 e. The molecule has 0 bridgehead atoms. The molecule has 35 heavy (non-hydrogen) atoms. The number of unbranched alkanes of at least 4 members (excludes halogenated alkanes) is 11. The quantitative estimate of drug-likeness (QED) is 0.0909. The molecule has 0 spiro atoms. The van der Waals surface area contributed by atoms with Gasteiger partial charge >= 0.3 is 0 Å². The fourth-order valence-electron chi connectivity index (χ4n) is 4.00. The molecular weight excluding hydrogens is 438 g/mol. The van der Waals surface area contributed by atoms with Crippen molar-refractivity contribution in [2.45, 2.75) is 141 Å². The van der Waals surface area contributed by atoms with Gasteiger partial charge in [0.05, 0.1) is 18.8 Å². The number of aliphatic hydroxyl groups is 3. The van der Waals surface area contributed by atoms with Crippen LogP contribution < -0.4 is 5.32 Å². The van der Waals surface area contributed by atoms with E-state index in [1.807, 2.05) is 13.0 Å². The average Bonchev–Trinajstić information content (AvgIpc) is 2.86. The van der Waals surface area contributed by atoms with E-state index >= 15 is 0 Å². The van der Waals surface area contributed by atoms with Crippen LogP contribution >= 0.6 is 0 Å². The zero-order valence-electron chi connectivity index (χ0n) is 22.7. The molecule has 4 N–H and O–H groups in total. The molecule has 0 aromatic rings. The second kappa shape index (κ2) is 25.7. The lowest BCUT2D eigenvalue weighted by Crippen LogP contribution is -2.50. The summed E-state index contributed by atoms with van der Waals surface area (Å²) >= 11 is 0. The fraction of sp³-hybridized carbons (Fsp3) is 0.767. The van der Waals surface area contributed by atoms with Gasteiger partial charge in [-0.15, -0.1) is 0 Å². The molecule has 0 heterocycles. The van der Waals surface area contributed by atoms with E-state index < -0.39 is 24.9 Å². The van der Waals surface area contributed by atoms with Gasteiger partial charge in [-0.1, -0.05) is 81.9 Å². The summed E-state index contributed by atoms with van der Waals surface area (Å²) in [6.07, 6.45) is 28.2. The van der Waals surface area contributed by atoms with Crippen LogP contribution in [-0.4, -0.2) is 46.1 Å². The molecule has 204 valence electrons. The van der Waals surface area contributed by atoms with Crippen LogP contribution in [0, 0.1) is 0 Å². The Balaban J connectivity index is 3.87. The van der Waals surface area contributed by atoms with Crippen LogP contribution in [0.15, 0.2) is 36.5 Å². The highest BCUT2D eigenvalue weighted by Gasteiger charge is 2.26. The number of nitrogens with one attached hydrogen (secondary N) is 1. The first-order valence-electron chi connectivity index (χ1n) is 14.2. The molecule has 0 saturated heterocycles. The van der Waals surface area contributed by atoms with E-state index in [-0.39, 0.29) is 5.91 Å². The SMILES string of the molecule is C/C=C/CC/C=C/CCCC(O)C(O)C(CO)NC(=O)CCCCC/C=C\CCCCCCCC. The van der Waals surface area contributed by atoms with Crippen LogP contribution in [0.25, 0.3) is 0 Å². The largest absolute Gasteiger partial charge is 0.394 e. The molecule has 0 aromatic carbocycles. The molecule has 3 unspecified atom stereocenters. The third-order valence-electron chi connectivity index (χ3n) is 6.29. The Labute approximate surface area is 215 Å². The van der Waals surface area contributed by atoms with Crippen molar-refractivity contribution in [3.63, 3.8) is 0 Å². The topological polar surface area (TPSA) is 89.8 Å². The zero-order chi connectivity index (χ0) is 26.0. The van der Waals surface area contributed by atoms with Crippen molar-refractivity contribution in [3.8, 4) is 0 Å². The molecule has 1 amide bonds. The summed E-state index contributed by atoms with van der Waals surface area (Å²) in [5.74, 6) is -0.182. The zero-order valence-corrected chi connectivity index (χ0v) is 22.7. The molecule has 5 nitrogen and oxygen atoms in total. The van der Waals surface area contributed by atoms with E-state index in [1.54, 1.807) is 0 Å². The Morgan fingerprint density at radius 2 is 1.29 bits per heavy atom. The highest BCUT2D eigenvalue weighted by Crippen LogP contribution is 2.11. The summed E-state index contributed by atoms with van der Waals surface area (Å²) < 4.78 is 0. The molecular formula is C30H55NO4. The van der Waals surface area contributed by atoms with E-state index in [0.29, 0.717) is 12.8 Å². The number of carbonyl (C=O) groups excluding carboxylic acids is 1. The molecule has 0 fully saturated rings. The van der Waals surface area contributed by atoms with Crippen molar-refractivity contribution in [1.29, 1.82) is 0 Å². The van der Waals surface area contributed by atoms with Crippen molar-refractivity contribution in [1.82, 2.24) is 5.32 Å². The number of hydrogen-bond donors (Lipinski definition) is 4. The second-order valence-electron chi connectivity index (χ2n) is 9.59. The van der Waals surface area contributed by atoms with Gasteiger partial charge in [-0.3, -0.25) is 4.79 Å². The average molecular weight is 494 g/mol. The van der Waals surface area contributed by atoms with Crippen LogP contribution in [0.4, 0.5) is 0 Å². The van der Waals surface area contributed by atoms with Crippen molar-refractivity contribution in [2.75, 3.05) is 6.61 Å². The van der Waals surface area contributed by atoms with Gasteiger partial charge in [-0.05, 0) is 71.1 Å². The highest BCUT2D eigenvalue weighted by atomic mass is 16.3. The summed E-state index contributed by atoms with van der Waals surface area (Å²) in [6, 6.07) is -0.834. The molecule has 5 heteroatoms. The van der Waals surface area contributed by atoms with Crippen molar-refractivity contribution in [3.05, 3.63) is 36.5 Å². The van der Waals surface area contributed by atoms with Gasteiger partial charge in [0.25, 0.3) is 0 Å². The standard InChI is InChI=1S/C30H55NO4/c1-3-5-7-9-11-13-14-15-16-17-19-21-23-25-29(34)31-27(26-32)30(35)28(33)24-22-20-18-12-10-8-6-4-2/h4,6,12,15-16,18,27-28,30,32-33,35H,3,5,7-11,13-14,17,19-26H2,1-2H3,(H,31,34)/b6-4+,16-15-,18-12+. The van der Waals surface area contributed by atoms with Gasteiger partial charge in [-0.25, -0.2) is 0 Å². The molecule has 0 aliphatic carbocycles. The van der Waals surface area contributed by atoms with Gasteiger partial charge in [0.2, 0.25) is 5.91 Å². The Kier molecular flexibility index (Phi) is 24.6. The number of carbonyl (C=O) groups is 1. The minimum Gasteiger partial charge on any atom is -0.394 e. The van der Waals surface area contributed by atoms with Crippen molar-refractivity contribution >= 4 is 5.91 Å². The van der Waals surface area contributed by atoms with Gasteiger partial charge in [0.1, 0.15) is 6.10 Å². The number of rotatable bonds is 24. The first-order chi connectivity index (χ1) is 17.1. The van der Waals surface area contributed by atoms with Crippen molar-refractivity contribution < 1.29 is 20.1 Å². The molecule has 3 atom stereocenters. The summed E-state index contributed by atoms with van der Waals surface area (Å²) in [5, 5.41) is 32.9. The predicted molar refractivity (Wildman–Crippen MR) is 148 cm³/mol. The number of hydrogen-bond acceptors (Lipinski definition) is 4. The lowest BCUT2D eigenvalue weighted by molar-refractivity contribution is -0.124. The van der Waals surface area contributed by atoms with E-state index in [0.717, 1.165) is 51.4 Å². The highest BCUT2D eigenvalue weighted by molar-refractivity contribution is 5.76. The van der Waals surface area contributed by atoms with Gasteiger partial charge in [-0.2, -0.15) is 0 Å². The maximum atomic E-state index is 12.2. The third kappa shape index (κ3) is 21.6. The lowest BCUT2D eigenvalue weighted by atomic mass is 10.0. The first-order valence-corrected chi connectivity index (χ1v) is 14.2. The van der Waals surface area contributed by atoms with Gasteiger partial charge in [0.15, 0.2) is 0 Å². The molecule has 0 aromatic heterocycles. The fourth-order valence-corrected chi connectivity index (χ4v) is 4.00. The Morgan fingerprint density at radius 1 is 0.743 bits per heavy atom. The van der Waals surface area contributed by atoms with Crippen LogP contribution in [-0.2, 0) is 4.79 Å². The maximum absolute atomic E-state index is 12.2. The van der Waals surface area contributed by atoms with E-state index in [9.17, 15) is 20.1 Å². The molecule has 0 rings (SSSR count). The van der Waals surface area contributed by atoms with Gasteiger partial charge in [0, 0.05) is 6.42 Å². The predicted octanol–water partition coefficient (Wildman–Crippen LogP) is 6.53. The molecule has 0 saturated carbocycles. The van der Waals surface area contributed by atoms with Crippen molar-refractivity contribution in [2.24, 2.45) is 0 Å². The van der Waals surface area contributed by atoms with Crippen LogP contribution in [0.2, 0.25) is 0 Å². The Bertz CT molecular complexity index is 559. The van der Waals surface area contributed by atoms with Gasteiger partial charge < -0.3 is 20.6 Å². The smallest absolute Gasteiger partial charge is 0.220 e. The summed E-state index contributed by atoms with van der Waals surface area (Å²) in [7, 11) is 0. The second-order valence-corrected chi connectivity index (χ2v) is 9.59. The molecule has 0 radical (unpaired) electrons. The van der Waals surface area contributed by atoms with E-state index in [4.69, 9.17) is 0 Å². The van der Waals surface area contributed by atoms with Crippen LogP contribution in [0.1, 0.15) is 123 Å². The summed E-state index contributed by atoms with van der Waals surface area (Å²) in [4.78, 5) is 12.2. The van der Waals surface area contributed by atoms with E-state index in [1.165, 1.54) is 44.9 Å². The van der Waals surface area contributed by atoms with Crippen LogP contribution in [0.5, 0.6) is 0 Å². The molecule has 0 aliphatic rings. The summed E-state index contributed by atoms with van der Waals surface area (Å²) in [5.41, 5.74) is 0. The number of amides is 1. The number of allylic oxidation sites excluding steroid dienone is 6. The monoisotopic (exact) mass is 493 g/mol. The minimum atomic E-state index is -1.17. The normalized spacial score (nSPS) is 14.8. The van der Waals surface area contributed by atoms with Crippen LogP contribution in [0.3, 0.4) is 0 Å². The molecule has 0 aliphatic heterocycles. The number of aliphatic hydroxyl groups excluding tert-OH is 3.